The van der Waals surface area contributed by atoms with Gasteiger partial charge in [0.15, 0.2) is 21.3 Å². The number of hydrogen-bond acceptors (Lipinski definition) is 6. The number of carbonyl (C=O) groups is 1. The van der Waals surface area contributed by atoms with Crippen molar-refractivity contribution in [3.63, 3.8) is 0 Å². The van der Waals surface area contributed by atoms with Crippen molar-refractivity contribution in [1.29, 1.82) is 0 Å². The Morgan fingerprint density at radius 3 is 2.07 bits per heavy atom. The van der Waals surface area contributed by atoms with E-state index in [1.165, 1.54) is 45.6 Å². The molecular weight excluding hydrogens is 394 g/mol. The van der Waals surface area contributed by atoms with Crippen molar-refractivity contribution in [3.8, 4) is 17.2 Å². The molecule has 0 saturated carbocycles. The summed E-state index contributed by atoms with van der Waals surface area (Å²) in [4.78, 5) is 12.2. The van der Waals surface area contributed by atoms with Crippen LogP contribution in [0.1, 0.15) is 5.56 Å². The predicted octanol–water partition coefficient (Wildman–Crippen LogP) is 2.46. The second-order valence-corrected chi connectivity index (χ2v) is 7.93. The van der Waals surface area contributed by atoms with E-state index in [4.69, 9.17) is 25.8 Å². The minimum Gasteiger partial charge on any atom is -0.496 e. The lowest BCUT2D eigenvalue weighted by atomic mass is 10.1. The van der Waals surface area contributed by atoms with Crippen LogP contribution in [0.5, 0.6) is 17.2 Å². The highest BCUT2D eigenvalue weighted by Gasteiger charge is 2.20. The monoisotopic (exact) mass is 413 g/mol. The molecule has 0 bridgehead atoms. The third-order valence-corrected chi connectivity index (χ3v) is 5.64. The van der Waals surface area contributed by atoms with Crippen LogP contribution in [-0.4, -0.2) is 41.4 Å². The molecule has 1 amide bonds. The highest BCUT2D eigenvalue weighted by Crippen LogP contribution is 2.34. The second kappa shape index (κ2) is 8.96. The number of rotatable bonds is 8. The second-order valence-electron chi connectivity index (χ2n) is 5.51. The first kappa shape index (κ1) is 20.9. The molecule has 0 heterocycles. The first-order valence-corrected chi connectivity index (χ1v) is 9.87. The van der Waals surface area contributed by atoms with Crippen LogP contribution >= 0.6 is 11.6 Å². The van der Waals surface area contributed by atoms with E-state index in [0.717, 1.165) is 0 Å². The summed E-state index contributed by atoms with van der Waals surface area (Å²) in [5, 5.41) is 2.99. The van der Waals surface area contributed by atoms with Crippen molar-refractivity contribution in [1.82, 2.24) is 5.32 Å². The zero-order valence-electron chi connectivity index (χ0n) is 15.1. The smallest absolute Gasteiger partial charge is 0.235 e. The van der Waals surface area contributed by atoms with Crippen molar-refractivity contribution in [3.05, 3.63) is 47.0 Å². The largest absolute Gasteiger partial charge is 0.496 e. The van der Waals surface area contributed by atoms with Gasteiger partial charge in [-0.05, 0) is 30.3 Å². The topological polar surface area (TPSA) is 90.9 Å². The molecule has 7 nitrogen and oxygen atoms in total. The van der Waals surface area contributed by atoms with E-state index in [-0.39, 0.29) is 11.4 Å². The van der Waals surface area contributed by atoms with Gasteiger partial charge in [-0.25, -0.2) is 8.42 Å². The molecule has 27 heavy (non-hydrogen) atoms. The van der Waals surface area contributed by atoms with E-state index < -0.39 is 21.5 Å². The third kappa shape index (κ3) is 5.27. The van der Waals surface area contributed by atoms with Gasteiger partial charge in [-0.15, -0.1) is 0 Å². The number of hydrogen-bond donors (Lipinski definition) is 1. The Labute approximate surface area is 163 Å². The third-order valence-electron chi connectivity index (χ3n) is 3.76. The van der Waals surface area contributed by atoms with E-state index in [2.05, 4.69) is 5.32 Å². The van der Waals surface area contributed by atoms with E-state index >= 15 is 0 Å². The molecule has 0 saturated heterocycles. The molecule has 0 aliphatic heterocycles. The van der Waals surface area contributed by atoms with Crippen molar-refractivity contribution in [2.45, 2.75) is 11.4 Å². The van der Waals surface area contributed by atoms with E-state index in [1.807, 2.05) is 0 Å². The molecule has 0 aromatic heterocycles. The van der Waals surface area contributed by atoms with Gasteiger partial charge in [-0.2, -0.15) is 0 Å². The van der Waals surface area contributed by atoms with Crippen LogP contribution < -0.4 is 19.5 Å². The molecule has 0 atom stereocenters. The lowest BCUT2D eigenvalue weighted by Gasteiger charge is -2.14. The maximum absolute atomic E-state index is 12.3. The molecule has 0 aliphatic carbocycles. The highest BCUT2D eigenvalue weighted by molar-refractivity contribution is 7.92. The quantitative estimate of drug-likeness (QED) is 0.714. The normalized spacial score (nSPS) is 11.0. The van der Waals surface area contributed by atoms with E-state index in [9.17, 15) is 13.2 Å². The number of halogens is 1. The standard InChI is InChI=1S/C18H20ClNO6S/c1-24-15-9-17(26-3)16(25-2)8-12(15)10-20-18(21)11-27(22,23)14-6-4-13(19)5-7-14/h4-9H,10-11H2,1-3H3,(H,20,21). The van der Waals surface area contributed by atoms with Gasteiger partial charge in [-0.1, -0.05) is 11.6 Å². The summed E-state index contributed by atoms with van der Waals surface area (Å²) in [7, 11) is 0.709. The van der Waals surface area contributed by atoms with Gasteiger partial charge in [0, 0.05) is 23.2 Å². The number of carbonyl (C=O) groups excluding carboxylic acids is 1. The molecule has 2 rings (SSSR count). The van der Waals surface area contributed by atoms with Gasteiger partial charge in [0.2, 0.25) is 5.91 Å². The zero-order chi connectivity index (χ0) is 20.0. The van der Waals surface area contributed by atoms with Crippen molar-refractivity contribution in [2.75, 3.05) is 27.1 Å². The Morgan fingerprint density at radius 2 is 1.52 bits per heavy atom. The van der Waals surface area contributed by atoms with Crippen LogP contribution in [0.4, 0.5) is 0 Å². The SMILES string of the molecule is COc1cc(OC)c(OC)cc1CNC(=O)CS(=O)(=O)c1ccc(Cl)cc1. The molecule has 1 N–H and O–H groups in total. The van der Waals surface area contributed by atoms with Gasteiger partial charge in [0.25, 0.3) is 0 Å². The van der Waals surface area contributed by atoms with Crippen LogP contribution in [0.3, 0.4) is 0 Å². The van der Waals surface area contributed by atoms with Gasteiger partial charge >= 0.3 is 0 Å². The fourth-order valence-electron chi connectivity index (χ4n) is 2.37. The summed E-state index contributed by atoms with van der Waals surface area (Å²) in [6, 6.07) is 8.93. The molecule has 146 valence electrons. The molecule has 0 radical (unpaired) electrons. The van der Waals surface area contributed by atoms with Gasteiger partial charge in [-0.3, -0.25) is 4.79 Å². The van der Waals surface area contributed by atoms with Crippen molar-refractivity contribution in [2.24, 2.45) is 0 Å². The van der Waals surface area contributed by atoms with Crippen LogP contribution in [0.25, 0.3) is 0 Å². The van der Waals surface area contributed by atoms with Crippen LogP contribution in [0, 0.1) is 0 Å². The number of nitrogens with one attached hydrogen (secondary N) is 1. The minimum absolute atomic E-state index is 0.0331. The Bertz CT molecular complexity index is 912. The average molecular weight is 414 g/mol. The lowest BCUT2D eigenvalue weighted by Crippen LogP contribution is -2.30. The molecule has 0 fully saturated rings. The molecule has 0 spiro atoms. The average Bonchev–Trinajstić information content (AvgIpc) is 2.65. The van der Waals surface area contributed by atoms with E-state index in [0.29, 0.717) is 27.8 Å². The molecule has 0 unspecified atom stereocenters. The maximum atomic E-state index is 12.3. The number of sulfone groups is 1. The summed E-state index contributed by atoms with van der Waals surface area (Å²) in [6.45, 7) is 0.0680. The molecule has 2 aromatic rings. The zero-order valence-corrected chi connectivity index (χ0v) is 16.7. The molecule has 2 aromatic carbocycles. The van der Waals surface area contributed by atoms with Crippen LogP contribution in [-0.2, 0) is 21.2 Å². The Hall–Kier alpha value is -2.45. The number of ether oxygens (including phenoxy) is 3. The Balaban J connectivity index is 2.10. The molecule has 0 aliphatic rings. The first-order chi connectivity index (χ1) is 12.8. The predicted molar refractivity (Wildman–Crippen MR) is 101 cm³/mol. The fraction of sp³-hybridized carbons (Fsp3) is 0.278. The Morgan fingerprint density at radius 1 is 0.963 bits per heavy atom. The van der Waals surface area contributed by atoms with Gasteiger partial charge in [0.05, 0.1) is 26.2 Å². The highest BCUT2D eigenvalue weighted by atomic mass is 35.5. The Kier molecular flexibility index (Phi) is 6.92. The van der Waals surface area contributed by atoms with Crippen molar-refractivity contribution >= 4 is 27.3 Å². The number of methoxy groups -OCH3 is 3. The van der Waals surface area contributed by atoms with Gasteiger partial charge in [0.1, 0.15) is 11.5 Å². The van der Waals surface area contributed by atoms with Crippen LogP contribution in [0.2, 0.25) is 5.02 Å². The molecule has 9 heteroatoms. The first-order valence-electron chi connectivity index (χ1n) is 7.84. The van der Waals surface area contributed by atoms with Crippen LogP contribution in [0.15, 0.2) is 41.3 Å². The number of benzene rings is 2. The molecular formula is C18H20ClNO6S. The maximum Gasteiger partial charge on any atom is 0.235 e. The van der Waals surface area contributed by atoms with E-state index in [1.54, 1.807) is 12.1 Å². The lowest BCUT2D eigenvalue weighted by molar-refractivity contribution is -0.118. The minimum atomic E-state index is -3.77. The van der Waals surface area contributed by atoms with Crippen molar-refractivity contribution < 1.29 is 27.4 Å². The van der Waals surface area contributed by atoms with Gasteiger partial charge < -0.3 is 19.5 Å². The summed E-state index contributed by atoms with van der Waals surface area (Å²) in [5.74, 6) is 0.117. The fourth-order valence-corrected chi connectivity index (χ4v) is 3.66. The summed E-state index contributed by atoms with van der Waals surface area (Å²) in [6.07, 6.45) is 0. The number of amides is 1. The summed E-state index contributed by atoms with van der Waals surface area (Å²) >= 11 is 5.75. The summed E-state index contributed by atoms with van der Waals surface area (Å²) in [5.41, 5.74) is 0.618. The summed E-state index contributed by atoms with van der Waals surface area (Å²) < 4.78 is 40.3.